The van der Waals surface area contributed by atoms with Gasteiger partial charge in [-0.25, -0.2) is 9.59 Å². The molecule has 0 aromatic rings. The first-order valence-corrected chi connectivity index (χ1v) is 8.70. The molecule has 1 N–H and O–H groups in total. The Morgan fingerprint density at radius 3 is 2.16 bits per heavy atom. The Balaban J connectivity index is 1.69. The van der Waals surface area contributed by atoms with E-state index in [1.807, 2.05) is 20.8 Å². The fraction of sp³-hybridized carbons (Fsp3) is 0.765. The van der Waals surface area contributed by atoms with Crippen molar-refractivity contribution in [1.29, 1.82) is 0 Å². The molecule has 0 atom stereocenters. The largest absolute Gasteiger partial charge is 0.444 e. The molecular formula is C17H26N2O6. The minimum Gasteiger partial charge on any atom is -0.444 e. The van der Waals surface area contributed by atoms with Crippen LogP contribution < -0.4 is 5.32 Å². The predicted octanol–water partition coefficient (Wildman–Crippen LogP) is 2.07. The first-order valence-electron chi connectivity index (χ1n) is 8.70. The number of imide groups is 1. The molecule has 8 nitrogen and oxygen atoms in total. The van der Waals surface area contributed by atoms with E-state index in [1.165, 1.54) is 0 Å². The highest BCUT2D eigenvalue weighted by molar-refractivity contribution is 6.01. The van der Waals surface area contributed by atoms with Gasteiger partial charge >= 0.3 is 12.1 Å². The molecule has 0 aromatic carbocycles. The van der Waals surface area contributed by atoms with Crippen molar-refractivity contribution in [1.82, 2.24) is 10.4 Å². The predicted molar refractivity (Wildman–Crippen MR) is 86.9 cm³/mol. The number of carbonyl (C=O) groups excluding carboxylic acids is 4. The van der Waals surface area contributed by atoms with E-state index in [1.54, 1.807) is 0 Å². The highest BCUT2D eigenvalue weighted by atomic mass is 16.7. The molecule has 0 radical (unpaired) electrons. The molecule has 3 amide bonds. The van der Waals surface area contributed by atoms with E-state index < -0.39 is 29.5 Å². The van der Waals surface area contributed by atoms with E-state index in [9.17, 15) is 19.2 Å². The van der Waals surface area contributed by atoms with Crippen LogP contribution in [0.2, 0.25) is 0 Å². The molecule has 8 heteroatoms. The van der Waals surface area contributed by atoms with E-state index in [0.29, 0.717) is 5.06 Å². The standard InChI is InChI=1S/C17H26N2O6/c1-17(2,3)24-16(23)18-12-6-4-11(5-7-12)10-15(22)25-19-13(20)8-9-14(19)21/h11-12H,4-10H2,1-3H3,(H,18,23). The number of rotatable bonds is 4. The van der Waals surface area contributed by atoms with Crippen LogP contribution in [0.1, 0.15) is 65.7 Å². The molecule has 2 aliphatic rings. The van der Waals surface area contributed by atoms with Gasteiger partial charge in [-0.2, -0.15) is 0 Å². The van der Waals surface area contributed by atoms with Crippen molar-refractivity contribution in [3.8, 4) is 0 Å². The smallest absolute Gasteiger partial charge is 0.407 e. The highest BCUT2D eigenvalue weighted by Crippen LogP contribution is 2.28. The molecule has 25 heavy (non-hydrogen) atoms. The molecule has 2 fully saturated rings. The summed E-state index contributed by atoms with van der Waals surface area (Å²) < 4.78 is 5.23. The molecule has 1 aliphatic heterocycles. The highest BCUT2D eigenvalue weighted by Gasteiger charge is 2.34. The van der Waals surface area contributed by atoms with E-state index in [-0.39, 0.29) is 31.2 Å². The number of hydrogen-bond donors (Lipinski definition) is 1. The maximum atomic E-state index is 11.9. The lowest BCUT2D eigenvalue weighted by atomic mass is 9.84. The fourth-order valence-corrected chi connectivity index (χ4v) is 3.02. The minimum absolute atomic E-state index is 0.0314. The maximum absolute atomic E-state index is 11.9. The van der Waals surface area contributed by atoms with E-state index >= 15 is 0 Å². The first kappa shape index (κ1) is 19.2. The first-order chi connectivity index (χ1) is 11.6. The molecule has 1 heterocycles. The van der Waals surface area contributed by atoms with Gasteiger partial charge in [0, 0.05) is 18.9 Å². The summed E-state index contributed by atoms with van der Waals surface area (Å²) in [6.45, 7) is 5.43. The number of ether oxygens (including phenoxy) is 1. The van der Waals surface area contributed by atoms with Gasteiger partial charge in [0.15, 0.2) is 0 Å². The number of hydrogen-bond acceptors (Lipinski definition) is 6. The van der Waals surface area contributed by atoms with E-state index in [0.717, 1.165) is 25.7 Å². The summed E-state index contributed by atoms with van der Waals surface area (Å²) >= 11 is 0. The van der Waals surface area contributed by atoms with Crippen LogP contribution in [0.4, 0.5) is 4.79 Å². The molecule has 0 spiro atoms. The maximum Gasteiger partial charge on any atom is 0.407 e. The summed E-state index contributed by atoms with van der Waals surface area (Å²) in [4.78, 5) is 51.4. The van der Waals surface area contributed by atoms with Crippen molar-refractivity contribution in [3.63, 3.8) is 0 Å². The summed E-state index contributed by atoms with van der Waals surface area (Å²) in [5.41, 5.74) is -0.532. The third kappa shape index (κ3) is 6.03. The van der Waals surface area contributed by atoms with Crippen molar-refractivity contribution < 1.29 is 28.8 Å². The molecule has 1 saturated carbocycles. The van der Waals surface area contributed by atoms with Crippen molar-refractivity contribution in [2.45, 2.75) is 77.4 Å². The Bertz CT molecular complexity index is 530. The second-order valence-corrected chi connectivity index (χ2v) is 7.61. The van der Waals surface area contributed by atoms with Crippen LogP contribution in [0.5, 0.6) is 0 Å². The van der Waals surface area contributed by atoms with Crippen LogP contribution in [-0.4, -0.2) is 40.6 Å². The van der Waals surface area contributed by atoms with E-state index in [2.05, 4.69) is 5.32 Å². The van der Waals surface area contributed by atoms with Crippen molar-refractivity contribution in [2.75, 3.05) is 0 Å². The van der Waals surface area contributed by atoms with Crippen molar-refractivity contribution in [3.05, 3.63) is 0 Å². The molecule has 2 rings (SSSR count). The zero-order valence-electron chi connectivity index (χ0n) is 15.0. The van der Waals surface area contributed by atoms with Crippen molar-refractivity contribution >= 4 is 23.9 Å². The van der Waals surface area contributed by atoms with Crippen LogP contribution in [0, 0.1) is 5.92 Å². The Morgan fingerprint density at radius 1 is 1.08 bits per heavy atom. The molecule has 140 valence electrons. The summed E-state index contributed by atoms with van der Waals surface area (Å²) in [5.74, 6) is -1.38. The zero-order chi connectivity index (χ0) is 18.6. The fourth-order valence-electron chi connectivity index (χ4n) is 3.02. The van der Waals surface area contributed by atoms with Crippen molar-refractivity contribution in [2.24, 2.45) is 5.92 Å². The third-order valence-electron chi connectivity index (χ3n) is 4.22. The van der Waals surface area contributed by atoms with Crippen LogP contribution in [0.15, 0.2) is 0 Å². The number of nitrogens with one attached hydrogen (secondary N) is 1. The van der Waals surface area contributed by atoms with Gasteiger partial charge in [-0.1, -0.05) is 0 Å². The van der Waals surface area contributed by atoms with Crippen LogP contribution >= 0.6 is 0 Å². The molecule has 0 bridgehead atoms. The number of amides is 3. The lowest BCUT2D eigenvalue weighted by Gasteiger charge is -2.29. The van der Waals surface area contributed by atoms with Gasteiger partial charge in [0.2, 0.25) is 0 Å². The number of carbonyl (C=O) groups is 4. The van der Waals surface area contributed by atoms with Gasteiger partial charge in [0.25, 0.3) is 11.8 Å². The van der Waals surface area contributed by atoms with Gasteiger partial charge in [-0.05, 0) is 52.4 Å². The van der Waals surface area contributed by atoms with E-state index in [4.69, 9.17) is 9.57 Å². The monoisotopic (exact) mass is 354 g/mol. The van der Waals surface area contributed by atoms with Gasteiger partial charge < -0.3 is 14.9 Å². The second-order valence-electron chi connectivity index (χ2n) is 7.61. The molecule has 0 unspecified atom stereocenters. The number of nitrogens with zero attached hydrogens (tertiary/aromatic N) is 1. The van der Waals surface area contributed by atoms with Gasteiger partial charge in [-0.15, -0.1) is 5.06 Å². The Morgan fingerprint density at radius 2 is 1.64 bits per heavy atom. The molecule has 0 aromatic heterocycles. The van der Waals surface area contributed by atoms with Gasteiger partial charge in [0.05, 0.1) is 6.42 Å². The summed E-state index contributed by atoms with van der Waals surface area (Å²) in [6.07, 6.45) is 2.94. The van der Waals surface area contributed by atoms with Crippen LogP contribution in [-0.2, 0) is 24.0 Å². The minimum atomic E-state index is -0.563. The van der Waals surface area contributed by atoms with Gasteiger partial charge in [-0.3, -0.25) is 9.59 Å². The molecule has 1 saturated heterocycles. The summed E-state index contributed by atoms with van der Waals surface area (Å²) in [7, 11) is 0. The topological polar surface area (TPSA) is 102 Å². The zero-order valence-corrected chi connectivity index (χ0v) is 15.0. The summed E-state index contributed by atoms with van der Waals surface area (Å²) in [5, 5.41) is 3.43. The lowest BCUT2D eigenvalue weighted by molar-refractivity contribution is -0.198. The average molecular weight is 354 g/mol. The third-order valence-corrected chi connectivity index (χ3v) is 4.22. The number of alkyl carbamates (subject to hydrolysis) is 1. The lowest BCUT2D eigenvalue weighted by Crippen LogP contribution is -2.41. The second kappa shape index (κ2) is 7.84. The number of hydroxylamine groups is 2. The Kier molecular flexibility index (Phi) is 6.02. The quantitative estimate of drug-likeness (QED) is 0.776. The normalized spacial score (nSPS) is 24.2. The SMILES string of the molecule is CC(C)(C)OC(=O)NC1CCC(CC(=O)ON2C(=O)CCC2=O)CC1. The van der Waals surface area contributed by atoms with Gasteiger partial charge in [0.1, 0.15) is 5.60 Å². The Labute approximate surface area is 147 Å². The Hall–Kier alpha value is -2.12. The summed E-state index contributed by atoms with van der Waals surface area (Å²) in [6, 6.07) is 0.0314. The van der Waals surface area contributed by atoms with Crippen LogP contribution in [0.3, 0.4) is 0 Å². The molecule has 1 aliphatic carbocycles. The van der Waals surface area contributed by atoms with Crippen LogP contribution in [0.25, 0.3) is 0 Å². The average Bonchev–Trinajstić information content (AvgIpc) is 2.79. The molecular weight excluding hydrogens is 328 g/mol.